The van der Waals surface area contributed by atoms with Gasteiger partial charge in [0.2, 0.25) is 5.91 Å². The summed E-state index contributed by atoms with van der Waals surface area (Å²) in [5, 5.41) is 3.09. The van der Waals surface area contributed by atoms with Crippen LogP contribution in [0.5, 0.6) is 5.75 Å². The predicted molar refractivity (Wildman–Crippen MR) is 144 cm³/mol. The topological polar surface area (TPSA) is 61.9 Å². The first kappa shape index (κ1) is 25.8. The summed E-state index contributed by atoms with van der Waals surface area (Å²) in [5.41, 5.74) is 2.07. The standard InChI is InChI=1S/C28H32FN3O3S/c1-2-18-35-22-14-12-21(13-15-22)30-26(33)19-25-27(34)32(24-11-7-6-10-23(24)29)28(36)31(25)17-16-20-8-4-3-5-9-20/h6-8,10-15,25H,2-5,9,16-19H2,1H3,(H,30,33). The minimum absolute atomic E-state index is 0.0863. The van der Waals surface area contributed by atoms with Gasteiger partial charge in [0.25, 0.3) is 5.91 Å². The van der Waals surface area contributed by atoms with Crippen LogP contribution in [0.1, 0.15) is 51.9 Å². The highest BCUT2D eigenvalue weighted by molar-refractivity contribution is 7.80. The number of carbonyl (C=O) groups is 2. The van der Waals surface area contributed by atoms with Crippen LogP contribution >= 0.6 is 12.2 Å². The molecule has 36 heavy (non-hydrogen) atoms. The average Bonchev–Trinajstić information content (AvgIpc) is 3.11. The number of thiocarbonyl (C=S) groups is 1. The Hall–Kier alpha value is -3.26. The molecule has 0 aromatic heterocycles. The number of benzene rings is 2. The second kappa shape index (κ2) is 12.1. The van der Waals surface area contributed by atoms with Crippen molar-refractivity contribution in [3.8, 4) is 5.75 Å². The average molecular weight is 510 g/mol. The number of rotatable bonds is 10. The van der Waals surface area contributed by atoms with Crippen LogP contribution in [0.25, 0.3) is 0 Å². The Kier molecular flexibility index (Phi) is 8.70. The van der Waals surface area contributed by atoms with Crippen LogP contribution in [0.15, 0.2) is 60.2 Å². The van der Waals surface area contributed by atoms with Gasteiger partial charge in [0.1, 0.15) is 17.6 Å². The van der Waals surface area contributed by atoms with E-state index in [1.165, 1.54) is 29.0 Å². The molecule has 0 spiro atoms. The third-order valence-electron chi connectivity index (χ3n) is 6.46. The summed E-state index contributed by atoms with van der Waals surface area (Å²) in [6.07, 6.45) is 8.29. The van der Waals surface area contributed by atoms with Crippen LogP contribution in [0.4, 0.5) is 15.8 Å². The molecule has 4 rings (SSSR count). The van der Waals surface area contributed by atoms with Crippen molar-refractivity contribution in [3.63, 3.8) is 0 Å². The lowest BCUT2D eigenvalue weighted by Crippen LogP contribution is -2.38. The Morgan fingerprint density at radius 3 is 2.64 bits per heavy atom. The maximum absolute atomic E-state index is 14.6. The van der Waals surface area contributed by atoms with Gasteiger partial charge < -0.3 is 15.0 Å². The molecule has 0 radical (unpaired) electrons. The SMILES string of the molecule is CCCOc1ccc(NC(=O)CC2C(=O)N(c3ccccc3F)C(=S)N2CCC2=CCCCC2)cc1. The summed E-state index contributed by atoms with van der Waals surface area (Å²) in [4.78, 5) is 29.5. The molecule has 2 aromatic rings. The number of amides is 2. The molecule has 1 fully saturated rings. The first-order valence-corrected chi connectivity index (χ1v) is 13.0. The molecular weight excluding hydrogens is 477 g/mol. The number of nitrogens with zero attached hydrogens (tertiary/aromatic N) is 2. The van der Waals surface area contributed by atoms with E-state index in [4.69, 9.17) is 17.0 Å². The zero-order valence-electron chi connectivity index (χ0n) is 20.5. The van der Waals surface area contributed by atoms with Gasteiger partial charge in [0, 0.05) is 12.2 Å². The fourth-order valence-electron chi connectivity index (χ4n) is 4.58. The third-order valence-corrected chi connectivity index (χ3v) is 6.88. The summed E-state index contributed by atoms with van der Waals surface area (Å²) >= 11 is 5.66. The van der Waals surface area contributed by atoms with Gasteiger partial charge in [-0.15, -0.1) is 0 Å². The second-order valence-electron chi connectivity index (χ2n) is 9.10. The van der Waals surface area contributed by atoms with E-state index in [-0.39, 0.29) is 29.0 Å². The van der Waals surface area contributed by atoms with Crippen LogP contribution in [-0.4, -0.2) is 41.0 Å². The number of para-hydroxylation sites is 1. The molecule has 1 unspecified atom stereocenters. The van der Waals surface area contributed by atoms with Crippen molar-refractivity contribution in [2.75, 3.05) is 23.4 Å². The van der Waals surface area contributed by atoms with Crippen molar-refractivity contribution in [2.45, 2.75) is 57.9 Å². The van der Waals surface area contributed by atoms with Gasteiger partial charge in [-0.3, -0.25) is 14.5 Å². The van der Waals surface area contributed by atoms with E-state index in [1.54, 1.807) is 41.3 Å². The molecule has 1 heterocycles. The van der Waals surface area contributed by atoms with Gasteiger partial charge in [-0.1, -0.05) is 30.7 Å². The minimum atomic E-state index is -0.798. The monoisotopic (exact) mass is 509 g/mol. The lowest BCUT2D eigenvalue weighted by molar-refractivity contribution is -0.124. The van der Waals surface area contributed by atoms with E-state index in [0.29, 0.717) is 18.8 Å². The molecule has 190 valence electrons. The van der Waals surface area contributed by atoms with Gasteiger partial charge in [-0.25, -0.2) is 4.39 Å². The molecule has 0 saturated carbocycles. The molecule has 2 amide bonds. The number of carbonyl (C=O) groups excluding carboxylic acids is 2. The lowest BCUT2D eigenvalue weighted by Gasteiger charge is -2.25. The van der Waals surface area contributed by atoms with Gasteiger partial charge in [-0.2, -0.15) is 0 Å². The van der Waals surface area contributed by atoms with E-state index in [0.717, 1.165) is 37.9 Å². The van der Waals surface area contributed by atoms with E-state index in [2.05, 4.69) is 11.4 Å². The summed E-state index contributed by atoms with van der Waals surface area (Å²) in [5.74, 6) is -0.495. The summed E-state index contributed by atoms with van der Waals surface area (Å²) < 4.78 is 20.2. The smallest absolute Gasteiger partial charge is 0.256 e. The summed E-state index contributed by atoms with van der Waals surface area (Å²) in [6.45, 7) is 3.16. The molecule has 1 atom stereocenters. The molecular formula is C28H32FN3O3S. The molecule has 8 heteroatoms. The normalized spacial score (nSPS) is 17.8. The van der Waals surface area contributed by atoms with Crippen LogP contribution < -0.4 is 15.0 Å². The van der Waals surface area contributed by atoms with Crippen molar-refractivity contribution >= 4 is 40.5 Å². The summed E-state index contributed by atoms with van der Waals surface area (Å²) in [6, 6.07) is 12.4. The van der Waals surface area contributed by atoms with Crippen molar-refractivity contribution in [3.05, 3.63) is 66.0 Å². The lowest BCUT2D eigenvalue weighted by atomic mass is 9.97. The minimum Gasteiger partial charge on any atom is -0.494 e. The molecule has 1 aliphatic carbocycles. The molecule has 1 saturated heterocycles. The van der Waals surface area contributed by atoms with Crippen molar-refractivity contribution < 1.29 is 18.7 Å². The number of hydrogen-bond donors (Lipinski definition) is 1. The molecule has 6 nitrogen and oxygen atoms in total. The number of nitrogens with one attached hydrogen (secondary N) is 1. The Morgan fingerprint density at radius 1 is 1.17 bits per heavy atom. The number of hydrogen-bond acceptors (Lipinski definition) is 4. The largest absolute Gasteiger partial charge is 0.494 e. The molecule has 1 aliphatic heterocycles. The third kappa shape index (κ3) is 6.10. The Bertz CT molecular complexity index is 1140. The van der Waals surface area contributed by atoms with Crippen molar-refractivity contribution in [2.24, 2.45) is 0 Å². The van der Waals surface area contributed by atoms with E-state index >= 15 is 0 Å². The number of anilines is 2. The molecule has 2 aromatic carbocycles. The van der Waals surface area contributed by atoms with Crippen molar-refractivity contribution in [1.82, 2.24) is 4.90 Å². The van der Waals surface area contributed by atoms with Crippen LogP contribution in [0.2, 0.25) is 0 Å². The highest BCUT2D eigenvalue weighted by Gasteiger charge is 2.44. The fourth-order valence-corrected chi connectivity index (χ4v) is 4.99. The predicted octanol–water partition coefficient (Wildman–Crippen LogP) is 5.84. The van der Waals surface area contributed by atoms with Crippen LogP contribution in [0.3, 0.4) is 0 Å². The zero-order chi connectivity index (χ0) is 25.5. The molecule has 0 bridgehead atoms. The quantitative estimate of drug-likeness (QED) is 0.322. The number of allylic oxidation sites excluding steroid dienone is 1. The van der Waals surface area contributed by atoms with Crippen LogP contribution in [0, 0.1) is 5.82 Å². The number of halogens is 1. The summed E-state index contributed by atoms with van der Waals surface area (Å²) in [7, 11) is 0. The van der Waals surface area contributed by atoms with E-state index in [1.807, 2.05) is 6.92 Å². The second-order valence-corrected chi connectivity index (χ2v) is 9.47. The van der Waals surface area contributed by atoms with Gasteiger partial charge >= 0.3 is 0 Å². The van der Waals surface area contributed by atoms with E-state index < -0.39 is 11.9 Å². The molecule has 2 aliphatic rings. The maximum Gasteiger partial charge on any atom is 0.256 e. The van der Waals surface area contributed by atoms with Gasteiger partial charge in [-0.05, 0) is 87.1 Å². The maximum atomic E-state index is 14.6. The Labute approximate surface area is 217 Å². The van der Waals surface area contributed by atoms with Gasteiger partial charge in [0.05, 0.1) is 18.7 Å². The Morgan fingerprint density at radius 2 is 1.94 bits per heavy atom. The first-order valence-electron chi connectivity index (χ1n) is 12.6. The van der Waals surface area contributed by atoms with Gasteiger partial charge in [0.15, 0.2) is 5.11 Å². The number of ether oxygens (including phenoxy) is 1. The fraction of sp³-hybridized carbons (Fsp3) is 0.393. The van der Waals surface area contributed by atoms with Crippen molar-refractivity contribution in [1.29, 1.82) is 0 Å². The highest BCUT2D eigenvalue weighted by Crippen LogP contribution is 2.31. The molecule has 1 N–H and O–H groups in total. The van der Waals surface area contributed by atoms with Crippen LogP contribution in [-0.2, 0) is 9.59 Å². The zero-order valence-corrected chi connectivity index (χ0v) is 21.4. The first-order chi connectivity index (χ1) is 17.5. The highest BCUT2D eigenvalue weighted by atomic mass is 32.1. The van der Waals surface area contributed by atoms with E-state index in [9.17, 15) is 14.0 Å². The Balaban J connectivity index is 1.49.